The summed E-state index contributed by atoms with van der Waals surface area (Å²) in [6.45, 7) is -0.737. The Bertz CT molecular complexity index is 1920. The number of rotatable bonds is 5. The van der Waals surface area contributed by atoms with Gasteiger partial charge < -0.3 is 4.57 Å². The van der Waals surface area contributed by atoms with Gasteiger partial charge in [-0.25, -0.2) is 17.2 Å². The summed E-state index contributed by atoms with van der Waals surface area (Å²) in [5, 5.41) is 9.35. The van der Waals surface area contributed by atoms with Crippen molar-refractivity contribution in [2.75, 3.05) is 6.26 Å². The minimum absolute atomic E-state index is 0.0617. The molecule has 0 spiro atoms. The minimum Gasteiger partial charge on any atom is -0.303 e. The third-order valence-corrected chi connectivity index (χ3v) is 7.31. The first-order valence-corrected chi connectivity index (χ1v) is 13.5. The van der Waals surface area contributed by atoms with Crippen molar-refractivity contribution in [3.8, 4) is 28.5 Å². The average Bonchev–Trinajstić information content (AvgIpc) is 2.89. The average molecular weight is 612 g/mol. The lowest BCUT2D eigenvalue weighted by Gasteiger charge is -2.19. The van der Waals surface area contributed by atoms with Crippen LogP contribution < -0.4 is 5.56 Å². The Labute approximate surface area is 232 Å². The molecule has 1 heterocycles. The highest BCUT2D eigenvalue weighted by Crippen LogP contribution is 2.37. The lowest BCUT2D eigenvalue weighted by atomic mass is 9.98. The summed E-state index contributed by atoms with van der Waals surface area (Å²) >= 11 is 0. The van der Waals surface area contributed by atoms with Gasteiger partial charge in [-0.3, -0.25) is 4.79 Å². The number of nitrogens with zero attached hydrogens (tertiary/aromatic N) is 2. The summed E-state index contributed by atoms with van der Waals surface area (Å²) in [5.41, 5.74) is -6.93. The maximum Gasteiger partial charge on any atom is 0.417 e. The summed E-state index contributed by atoms with van der Waals surface area (Å²) in [4.78, 5) is 12.5. The van der Waals surface area contributed by atoms with Gasteiger partial charge in [0, 0.05) is 17.9 Å². The van der Waals surface area contributed by atoms with E-state index in [-0.39, 0.29) is 22.3 Å². The van der Waals surface area contributed by atoms with Crippen LogP contribution in [0.25, 0.3) is 22.4 Å². The molecule has 0 amide bonds. The fourth-order valence-corrected chi connectivity index (χ4v) is 4.88. The van der Waals surface area contributed by atoms with Crippen LogP contribution in [0.2, 0.25) is 0 Å². The summed E-state index contributed by atoms with van der Waals surface area (Å²) in [7, 11) is -4.13. The zero-order chi connectivity index (χ0) is 31.2. The molecule has 0 saturated carbocycles. The molecule has 0 N–H and O–H groups in total. The maximum atomic E-state index is 14.5. The van der Waals surface area contributed by atoms with E-state index in [1.807, 2.05) is 0 Å². The highest BCUT2D eigenvalue weighted by Gasteiger charge is 2.37. The molecule has 4 aromatic rings. The Hall–Kier alpha value is -4.51. The number of sulfone groups is 1. The van der Waals surface area contributed by atoms with Gasteiger partial charge in [0.05, 0.1) is 28.3 Å². The van der Waals surface area contributed by atoms with E-state index in [9.17, 15) is 53.6 Å². The first kappa shape index (κ1) is 30.4. The number of nitriles is 1. The number of hydrogen-bond acceptors (Lipinski definition) is 4. The largest absolute Gasteiger partial charge is 0.417 e. The standard InChI is InChI=1S/C28H16F8N2O3S/c1-42(40,41)21-9-18(8-19(10-21)27(31,32)33)15-3-2-4-16(7-15)25-12-23(28(34,35)36)22(13-37)26(39)38(25)14-17-5-6-20(29)11-24(17)30/h2-12H,14H2,1H3. The molecule has 4 rings (SSSR count). The second kappa shape index (κ2) is 10.7. The van der Waals surface area contributed by atoms with Crippen molar-refractivity contribution in [2.45, 2.75) is 23.8 Å². The Morgan fingerprint density at radius 2 is 1.50 bits per heavy atom. The molecule has 0 radical (unpaired) electrons. The molecule has 14 heteroatoms. The SMILES string of the molecule is CS(=O)(=O)c1cc(-c2cccc(-c3cc(C(F)(F)F)c(C#N)c(=O)n3Cc3ccc(F)cc3F)c2)cc(C(F)(F)F)c1. The number of alkyl halides is 6. The quantitative estimate of drug-likeness (QED) is 0.232. The fraction of sp³-hybridized carbons (Fsp3) is 0.143. The predicted octanol–water partition coefficient (Wildman–Crippen LogP) is 6.82. The summed E-state index contributed by atoms with van der Waals surface area (Å²) in [6.07, 6.45) is -9.42. The first-order chi connectivity index (χ1) is 19.4. The summed E-state index contributed by atoms with van der Waals surface area (Å²) in [6, 6.07) is 10.8. The van der Waals surface area contributed by atoms with Gasteiger partial charge >= 0.3 is 12.4 Å². The lowest BCUT2D eigenvalue weighted by Crippen LogP contribution is -2.29. The zero-order valence-corrected chi connectivity index (χ0v) is 21.9. The third-order valence-electron chi connectivity index (χ3n) is 6.21. The molecule has 42 heavy (non-hydrogen) atoms. The van der Waals surface area contributed by atoms with E-state index >= 15 is 0 Å². The van der Waals surface area contributed by atoms with E-state index in [2.05, 4.69) is 0 Å². The van der Waals surface area contributed by atoms with Gasteiger partial charge in [0.1, 0.15) is 23.3 Å². The van der Waals surface area contributed by atoms with Crippen LogP contribution in [-0.2, 0) is 28.7 Å². The Morgan fingerprint density at radius 3 is 2.07 bits per heavy atom. The third kappa shape index (κ3) is 6.20. The molecule has 0 saturated heterocycles. The smallest absolute Gasteiger partial charge is 0.303 e. The van der Waals surface area contributed by atoms with Gasteiger partial charge in [-0.15, -0.1) is 0 Å². The Balaban J connectivity index is 2.01. The summed E-state index contributed by atoms with van der Waals surface area (Å²) < 4.78 is 135. The van der Waals surface area contributed by atoms with Crippen molar-refractivity contribution in [3.63, 3.8) is 0 Å². The topological polar surface area (TPSA) is 79.9 Å². The molecular weight excluding hydrogens is 596 g/mol. The van der Waals surface area contributed by atoms with Crippen LogP contribution in [0.1, 0.15) is 22.3 Å². The van der Waals surface area contributed by atoms with Crippen molar-refractivity contribution < 1.29 is 43.5 Å². The minimum atomic E-state index is -5.18. The van der Waals surface area contributed by atoms with Crippen molar-refractivity contribution >= 4 is 9.84 Å². The fourth-order valence-electron chi connectivity index (χ4n) is 4.20. The van der Waals surface area contributed by atoms with Gasteiger partial charge in [-0.2, -0.15) is 31.6 Å². The molecule has 1 aromatic heterocycles. The second-order valence-corrected chi connectivity index (χ2v) is 11.2. The monoisotopic (exact) mass is 612 g/mol. The molecule has 0 atom stereocenters. The highest BCUT2D eigenvalue weighted by atomic mass is 32.2. The number of pyridine rings is 1. The van der Waals surface area contributed by atoms with Crippen molar-refractivity contribution in [1.29, 1.82) is 5.26 Å². The normalized spacial score (nSPS) is 12.3. The van der Waals surface area contributed by atoms with Crippen LogP contribution in [-0.4, -0.2) is 19.2 Å². The maximum absolute atomic E-state index is 14.5. The van der Waals surface area contributed by atoms with Crippen molar-refractivity contribution in [3.05, 3.63) is 111 Å². The van der Waals surface area contributed by atoms with E-state index in [0.29, 0.717) is 35.1 Å². The number of aromatic nitrogens is 1. The molecule has 0 aliphatic carbocycles. The molecule has 0 aliphatic rings. The van der Waals surface area contributed by atoms with Crippen molar-refractivity contribution in [2.24, 2.45) is 0 Å². The Morgan fingerprint density at radius 1 is 0.833 bits per heavy atom. The molecule has 0 unspecified atom stereocenters. The van der Waals surface area contributed by atoms with Gasteiger partial charge in [0.25, 0.3) is 5.56 Å². The highest BCUT2D eigenvalue weighted by molar-refractivity contribution is 7.90. The van der Waals surface area contributed by atoms with Crippen LogP contribution in [0.5, 0.6) is 0 Å². The zero-order valence-electron chi connectivity index (χ0n) is 21.1. The molecule has 3 aromatic carbocycles. The van der Waals surface area contributed by atoms with E-state index < -0.39 is 73.2 Å². The van der Waals surface area contributed by atoms with Crippen LogP contribution in [0.3, 0.4) is 0 Å². The lowest BCUT2D eigenvalue weighted by molar-refractivity contribution is -0.138. The Kier molecular flexibility index (Phi) is 7.77. The van der Waals surface area contributed by atoms with Crippen LogP contribution in [0.15, 0.2) is 76.4 Å². The van der Waals surface area contributed by atoms with Crippen LogP contribution >= 0.6 is 0 Å². The second-order valence-electron chi connectivity index (χ2n) is 9.15. The number of halogens is 8. The van der Waals surface area contributed by atoms with Crippen molar-refractivity contribution in [1.82, 2.24) is 4.57 Å². The number of benzene rings is 3. The predicted molar refractivity (Wildman–Crippen MR) is 135 cm³/mol. The van der Waals surface area contributed by atoms with E-state index in [4.69, 9.17) is 0 Å². The molecule has 0 fully saturated rings. The number of hydrogen-bond donors (Lipinski definition) is 0. The molecule has 5 nitrogen and oxygen atoms in total. The van der Waals surface area contributed by atoms with Gasteiger partial charge in [0.15, 0.2) is 9.84 Å². The molecule has 0 bridgehead atoms. The van der Waals surface area contributed by atoms with Crippen LogP contribution in [0.4, 0.5) is 35.1 Å². The van der Waals surface area contributed by atoms with Gasteiger partial charge in [-0.05, 0) is 53.1 Å². The van der Waals surface area contributed by atoms with E-state index in [1.54, 1.807) is 0 Å². The summed E-state index contributed by atoms with van der Waals surface area (Å²) in [5.74, 6) is -2.09. The first-order valence-electron chi connectivity index (χ1n) is 11.6. The van der Waals surface area contributed by atoms with E-state index in [1.165, 1.54) is 24.3 Å². The molecule has 0 aliphatic heterocycles. The van der Waals surface area contributed by atoms with Gasteiger partial charge in [-0.1, -0.05) is 24.3 Å². The molecule has 218 valence electrons. The van der Waals surface area contributed by atoms with E-state index in [0.717, 1.165) is 24.3 Å². The van der Waals surface area contributed by atoms with Gasteiger partial charge in [0.2, 0.25) is 0 Å². The molecular formula is C28H16F8N2O3S. The van der Waals surface area contributed by atoms with Crippen LogP contribution in [0, 0.1) is 23.0 Å².